The van der Waals surface area contributed by atoms with Crippen LogP contribution < -0.4 is 10.1 Å². The van der Waals surface area contributed by atoms with Crippen LogP contribution >= 0.6 is 0 Å². The number of aryl methyl sites for hydroxylation is 1. The Labute approximate surface area is 215 Å². The summed E-state index contributed by atoms with van der Waals surface area (Å²) >= 11 is 0. The summed E-state index contributed by atoms with van der Waals surface area (Å²) in [6.07, 6.45) is 7.37. The summed E-state index contributed by atoms with van der Waals surface area (Å²) in [6, 6.07) is 16.3. The lowest BCUT2D eigenvalue weighted by Gasteiger charge is -2.30. The number of fused-ring (bicyclic) bond motifs is 1. The van der Waals surface area contributed by atoms with Crippen molar-refractivity contribution in [2.24, 2.45) is 0 Å². The molecule has 0 aliphatic heterocycles. The van der Waals surface area contributed by atoms with Crippen LogP contribution in [0.25, 0.3) is 22.2 Å². The molecular formula is C29H30N4O4. The number of benzene rings is 2. The molecule has 1 aliphatic carbocycles. The first-order chi connectivity index (χ1) is 18.0. The summed E-state index contributed by atoms with van der Waals surface area (Å²) in [7, 11) is 0. The van der Waals surface area contributed by atoms with Crippen LogP contribution in [0.5, 0.6) is 5.75 Å². The first-order valence-corrected chi connectivity index (χ1v) is 12.7. The van der Waals surface area contributed by atoms with E-state index < -0.39 is 6.09 Å². The number of hydrogen-bond donors (Lipinski definition) is 1. The van der Waals surface area contributed by atoms with Crippen molar-refractivity contribution in [3.05, 3.63) is 66.4 Å². The molecule has 0 atom stereocenters. The van der Waals surface area contributed by atoms with Crippen molar-refractivity contribution in [3.8, 4) is 23.1 Å². The number of aromatic nitrogens is 2. The van der Waals surface area contributed by atoms with Crippen LogP contribution in [0.1, 0.15) is 57.0 Å². The quantitative estimate of drug-likeness (QED) is 0.253. The Hall–Kier alpha value is -4.25. The van der Waals surface area contributed by atoms with Gasteiger partial charge in [-0.05, 0) is 69.4 Å². The number of hydrogen-bond acceptors (Lipinski definition) is 6. The van der Waals surface area contributed by atoms with Gasteiger partial charge in [0.2, 0.25) is 0 Å². The Morgan fingerprint density at radius 3 is 2.70 bits per heavy atom. The minimum Gasteiger partial charge on any atom is -0.494 e. The van der Waals surface area contributed by atoms with Gasteiger partial charge in [-0.1, -0.05) is 12.1 Å². The number of ether oxygens (including phenoxy) is 2. The number of amides is 1. The fourth-order valence-electron chi connectivity index (χ4n) is 4.66. The lowest BCUT2D eigenvalue weighted by Crippen LogP contribution is -2.18. The van der Waals surface area contributed by atoms with Gasteiger partial charge in [0.05, 0.1) is 35.7 Å². The summed E-state index contributed by atoms with van der Waals surface area (Å²) in [5, 5.41) is 13.8. The van der Waals surface area contributed by atoms with E-state index >= 15 is 0 Å². The Morgan fingerprint density at radius 1 is 1.24 bits per heavy atom. The molecular weight excluding hydrogens is 468 g/mol. The molecule has 1 amide bonds. The maximum Gasteiger partial charge on any atom is 0.411 e. The fraction of sp³-hybridized carbons (Fsp3) is 0.345. The highest BCUT2D eigenvalue weighted by Crippen LogP contribution is 2.43. The smallest absolute Gasteiger partial charge is 0.411 e. The number of oxazole rings is 1. The van der Waals surface area contributed by atoms with Gasteiger partial charge in [-0.15, -0.1) is 0 Å². The minimum atomic E-state index is -0.489. The van der Waals surface area contributed by atoms with E-state index in [1.54, 1.807) is 26.3 Å². The summed E-state index contributed by atoms with van der Waals surface area (Å²) in [4.78, 5) is 16.1. The molecule has 2 heterocycles. The third-order valence-electron chi connectivity index (χ3n) is 6.56. The molecule has 0 unspecified atom stereocenters. The van der Waals surface area contributed by atoms with Crippen molar-refractivity contribution in [2.75, 3.05) is 11.9 Å². The Kier molecular flexibility index (Phi) is 7.13. The molecule has 2 aromatic carbocycles. The third kappa shape index (κ3) is 5.31. The molecule has 0 radical (unpaired) electrons. The molecule has 8 heteroatoms. The van der Waals surface area contributed by atoms with Gasteiger partial charge < -0.3 is 18.5 Å². The van der Waals surface area contributed by atoms with Crippen LogP contribution in [0.15, 0.2) is 59.3 Å². The summed E-state index contributed by atoms with van der Waals surface area (Å²) in [5.41, 5.74) is 4.12. The van der Waals surface area contributed by atoms with E-state index in [9.17, 15) is 10.1 Å². The normalized spacial score (nSPS) is 13.4. The van der Waals surface area contributed by atoms with Gasteiger partial charge in [-0.2, -0.15) is 5.26 Å². The molecule has 5 rings (SSSR count). The number of carbonyl (C=O) groups is 1. The average Bonchev–Trinajstić information content (AvgIpc) is 3.47. The third-order valence-corrected chi connectivity index (χ3v) is 6.56. The summed E-state index contributed by atoms with van der Waals surface area (Å²) in [5.74, 6) is 1.48. The SMILES string of the molecule is CC(C)OC(=O)Nc1ccc(-c2c(C#N)c3ccc(OCCCc4ncco4)cc3n2C2CCC2)cc1. The van der Waals surface area contributed by atoms with E-state index in [1.165, 1.54) is 6.42 Å². The van der Waals surface area contributed by atoms with Crippen molar-refractivity contribution >= 4 is 22.7 Å². The summed E-state index contributed by atoms with van der Waals surface area (Å²) < 4.78 is 18.8. The number of rotatable bonds is 9. The highest BCUT2D eigenvalue weighted by Gasteiger charge is 2.28. The van der Waals surface area contributed by atoms with Crippen LogP contribution in [0.3, 0.4) is 0 Å². The maximum atomic E-state index is 12.0. The minimum absolute atomic E-state index is 0.197. The van der Waals surface area contributed by atoms with E-state index in [0.29, 0.717) is 29.8 Å². The maximum absolute atomic E-state index is 12.0. The largest absolute Gasteiger partial charge is 0.494 e. The van der Waals surface area contributed by atoms with Crippen molar-refractivity contribution < 1.29 is 18.7 Å². The van der Waals surface area contributed by atoms with Crippen LogP contribution in [0.4, 0.5) is 10.5 Å². The highest BCUT2D eigenvalue weighted by molar-refractivity contribution is 5.96. The van der Waals surface area contributed by atoms with E-state index in [-0.39, 0.29) is 6.10 Å². The topological polar surface area (TPSA) is 102 Å². The van der Waals surface area contributed by atoms with E-state index in [1.807, 2.05) is 42.5 Å². The second kappa shape index (κ2) is 10.8. The molecule has 0 spiro atoms. The molecule has 1 aliphatic rings. The Bertz CT molecular complexity index is 1410. The van der Waals surface area contributed by atoms with Gasteiger partial charge in [0.15, 0.2) is 5.89 Å². The molecule has 190 valence electrons. The molecule has 4 aromatic rings. The number of carbonyl (C=O) groups excluding carboxylic acids is 1. The molecule has 37 heavy (non-hydrogen) atoms. The molecule has 1 fully saturated rings. The van der Waals surface area contributed by atoms with Gasteiger partial charge in [-0.3, -0.25) is 5.32 Å². The first kappa shape index (κ1) is 24.4. The van der Waals surface area contributed by atoms with Crippen molar-refractivity contribution in [3.63, 3.8) is 0 Å². The van der Waals surface area contributed by atoms with Crippen LogP contribution in [-0.4, -0.2) is 28.4 Å². The second-order valence-corrected chi connectivity index (χ2v) is 9.50. The van der Waals surface area contributed by atoms with Gasteiger partial charge in [-0.25, -0.2) is 9.78 Å². The molecule has 0 bridgehead atoms. The van der Waals surface area contributed by atoms with Crippen LogP contribution in [0.2, 0.25) is 0 Å². The molecule has 0 saturated heterocycles. The number of nitrogens with zero attached hydrogens (tertiary/aromatic N) is 3. The lowest BCUT2D eigenvalue weighted by atomic mass is 9.92. The monoisotopic (exact) mass is 498 g/mol. The Morgan fingerprint density at radius 2 is 2.05 bits per heavy atom. The molecule has 8 nitrogen and oxygen atoms in total. The summed E-state index contributed by atoms with van der Waals surface area (Å²) in [6.45, 7) is 4.16. The number of nitriles is 1. The molecule has 1 saturated carbocycles. The van der Waals surface area contributed by atoms with Crippen molar-refractivity contribution in [2.45, 2.75) is 58.1 Å². The Balaban J connectivity index is 1.43. The van der Waals surface area contributed by atoms with Crippen LogP contribution in [0, 0.1) is 11.3 Å². The van der Waals surface area contributed by atoms with Crippen LogP contribution in [-0.2, 0) is 11.2 Å². The number of anilines is 1. The average molecular weight is 499 g/mol. The predicted octanol–water partition coefficient (Wildman–Crippen LogP) is 6.86. The van der Waals surface area contributed by atoms with Crippen molar-refractivity contribution in [1.82, 2.24) is 9.55 Å². The zero-order chi connectivity index (χ0) is 25.8. The highest BCUT2D eigenvalue weighted by atomic mass is 16.6. The van der Waals surface area contributed by atoms with Gasteiger partial charge >= 0.3 is 6.09 Å². The second-order valence-electron chi connectivity index (χ2n) is 9.50. The molecule has 1 N–H and O–H groups in total. The number of nitrogens with one attached hydrogen (secondary N) is 1. The zero-order valence-electron chi connectivity index (χ0n) is 21.1. The zero-order valence-corrected chi connectivity index (χ0v) is 21.1. The van der Waals surface area contributed by atoms with Gasteiger partial charge in [0, 0.05) is 29.6 Å². The van der Waals surface area contributed by atoms with E-state index in [4.69, 9.17) is 13.9 Å². The standard InChI is InChI=1S/C29H30N4O4/c1-19(2)37-29(34)32-21-10-8-20(9-11-21)28-25(18-30)24-13-12-23(17-26(24)33(28)22-5-3-6-22)35-15-4-7-27-31-14-16-36-27/h8-14,16-17,19,22H,3-7,15H2,1-2H3,(H,32,34). The van der Waals surface area contributed by atoms with Crippen molar-refractivity contribution in [1.29, 1.82) is 5.26 Å². The van der Waals surface area contributed by atoms with Gasteiger partial charge in [0.25, 0.3) is 0 Å². The molecule has 2 aromatic heterocycles. The first-order valence-electron chi connectivity index (χ1n) is 12.7. The lowest BCUT2D eigenvalue weighted by molar-refractivity contribution is 0.130. The van der Waals surface area contributed by atoms with E-state index in [2.05, 4.69) is 20.9 Å². The van der Waals surface area contributed by atoms with E-state index in [0.717, 1.165) is 53.6 Å². The fourth-order valence-corrected chi connectivity index (χ4v) is 4.66. The predicted molar refractivity (Wildman–Crippen MR) is 141 cm³/mol. The van der Waals surface area contributed by atoms with Gasteiger partial charge in [0.1, 0.15) is 18.1 Å².